The van der Waals surface area contributed by atoms with E-state index in [1.807, 2.05) is 0 Å². The number of aromatic hydroxyl groups is 1. The molecular formula is C10H6ClN2O3S+. The zero-order chi connectivity index (χ0) is 12.6. The summed E-state index contributed by atoms with van der Waals surface area (Å²) in [5.41, 5.74) is -0.0929. The van der Waals surface area contributed by atoms with Crippen molar-refractivity contribution in [1.82, 2.24) is 0 Å². The zero-order valence-corrected chi connectivity index (χ0v) is 9.90. The van der Waals surface area contributed by atoms with Gasteiger partial charge in [0.2, 0.25) is 11.1 Å². The molecule has 86 valence electrons. The van der Waals surface area contributed by atoms with E-state index in [4.69, 9.17) is 16.1 Å². The van der Waals surface area contributed by atoms with Gasteiger partial charge in [-0.1, -0.05) is 6.07 Å². The van der Waals surface area contributed by atoms with Crippen molar-refractivity contribution in [2.24, 2.45) is 0 Å². The van der Waals surface area contributed by atoms with Crippen molar-refractivity contribution < 1.29 is 13.5 Å². The number of hydrogen-bond acceptors (Lipinski definition) is 4. The maximum atomic E-state index is 11.3. The molecule has 2 aromatic rings. The maximum absolute atomic E-state index is 11.3. The zero-order valence-electron chi connectivity index (χ0n) is 8.33. The summed E-state index contributed by atoms with van der Waals surface area (Å²) < 4.78 is 22.7. The molecule has 0 radical (unpaired) electrons. The molecule has 0 saturated carbocycles. The Labute approximate surface area is 101 Å². The van der Waals surface area contributed by atoms with Gasteiger partial charge < -0.3 is 5.11 Å². The highest BCUT2D eigenvalue weighted by Crippen LogP contribution is 2.37. The van der Waals surface area contributed by atoms with Crippen molar-refractivity contribution in [1.29, 1.82) is 5.39 Å². The lowest BCUT2D eigenvalue weighted by Crippen LogP contribution is -1.91. The van der Waals surface area contributed by atoms with Gasteiger partial charge in [-0.2, -0.15) is 0 Å². The predicted molar refractivity (Wildman–Crippen MR) is 63.4 cm³/mol. The van der Waals surface area contributed by atoms with Gasteiger partial charge in [0.15, 0.2) is 4.98 Å². The first-order chi connectivity index (χ1) is 7.95. The summed E-state index contributed by atoms with van der Waals surface area (Å²) in [6, 6.07) is 6.95. The van der Waals surface area contributed by atoms with Crippen LogP contribution in [0.5, 0.6) is 5.75 Å². The van der Waals surface area contributed by atoms with Crippen molar-refractivity contribution in [3.63, 3.8) is 0 Å². The molecule has 0 aromatic heterocycles. The maximum Gasteiger partial charge on any atom is 0.433 e. The van der Waals surface area contributed by atoms with Gasteiger partial charge >= 0.3 is 5.69 Å². The van der Waals surface area contributed by atoms with Crippen LogP contribution in [0.4, 0.5) is 5.69 Å². The summed E-state index contributed by atoms with van der Waals surface area (Å²) >= 11 is 0. The first kappa shape index (κ1) is 11.6. The molecule has 0 amide bonds. The number of fused-ring (bicyclic) bond motifs is 1. The number of halogens is 1. The molecule has 7 heteroatoms. The van der Waals surface area contributed by atoms with Crippen molar-refractivity contribution in [3.8, 4) is 5.75 Å². The van der Waals surface area contributed by atoms with Crippen LogP contribution >= 0.6 is 10.7 Å². The number of diazo groups is 1. The molecule has 0 saturated heterocycles. The van der Waals surface area contributed by atoms with E-state index in [0.717, 1.165) is 0 Å². The Morgan fingerprint density at radius 2 is 1.88 bits per heavy atom. The van der Waals surface area contributed by atoms with Gasteiger partial charge in [-0.25, -0.2) is 8.42 Å². The monoisotopic (exact) mass is 269 g/mol. The molecule has 0 bridgehead atoms. The Kier molecular flexibility index (Phi) is 2.65. The van der Waals surface area contributed by atoms with Gasteiger partial charge in [0.1, 0.15) is 0 Å². The van der Waals surface area contributed by atoms with E-state index >= 15 is 0 Å². The molecule has 0 fully saturated rings. The summed E-state index contributed by atoms with van der Waals surface area (Å²) in [4.78, 5) is 2.84. The number of hydrogen-bond donors (Lipinski definition) is 1. The molecule has 0 heterocycles. The molecule has 1 N–H and O–H groups in total. The lowest BCUT2D eigenvalue weighted by molar-refractivity contribution is 0.479. The van der Waals surface area contributed by atoms with E-state index in [2.05, 4.69) is 4.98 Å². The molecule has 5 nitrogen and oxygen atoms in total. The number of rotatable bonds is 1. The Bertz CT molecular complexity index is 750. The quantitative estimate of drug-likeness (QED) is 0.637. The normalized spacial score (nSPS) is 11.3. The minimum absolute atomic E-state index is 0.0929. The number of phenolic OH excluding ortho intramolecular Hbond substituents is 1. The van der Waals surface area contributed by atoms with Crippen molar-refractivity contribution >= 4 is 36.2 Å². The van der Waals surface area contributed by atoms with E-state index in [1.54, 1.807) is 0 Å². The predicted octanol–water partition coefficient (Wildman–Crippen LogP) is 2.96. The Morgan fingerprint density at radius 1 is 1.18 bits per heavy atom. The molecule has 0 aliphatic heterocycles. The Hall–Kier alpha value is -1.84. The standard InChI is InChI=1S/C10H5ClN2O3S/c11-17(15,16)9-3-1-2-7-6(9)4-5-8(14)10(7)13-12/h1-5H/p+1. The largest absolute Gasteiger partial charge is 0.501 e. The van der Waals surface area contributed by atoms with Crippen LogP contribution in [0.2, 0.25) is 0 Å². The summed E-state index contributed by atoms with van der Waals surface area (Å²) in [6.45, 7) is 0. The third kappa shape index (κ3) is 1.90. The van der Waals surface area contributed by atoms with E-state index in [9.17, 15) is 13.5 Å². The van der Waals surface area contributed by atoms with Gasteiger partial charge in [0, 0.05) is 16.1 Å². The fourth-order valence-electron chi connectivity index (χ4n) is 1.62. The fourth-order valence-corrected chi connectivity index (χ4v) is 2.70. The van der Waals surface area contributed by atoms with Crippen LogP contribution in [0.15, 0.2) is 35.2 Å². The van der Waals surface area contributed by atoms with Gasteiger partial charge in [0.05, 0.1) is 10.3 Å². The highest BCUT2D eigenvalue weighted by Gasteiger charge is 2.22. The fraction of sp³-hybridized carbons (Fsp3) is 0. The summed E-state index contributed by atoms with van der Waals surface area (Å²) in [6.07, 6.45) is 0. The first-order valence-electron chi connectivity index (χ1n) is 4.49. The van der Waals surface area contributed by atoms with E-state index in [1.165, 1.54) is 30.3 Å². The molecular weight excluding hydrogens is 264 g/mol. The summed E-state index contributed by atoms with van der Waals surface area (Å²) in [7, 11) is 1.39. The van der Waals surface area contributed by atoms with Crippen molar-refractivity contribution in [3.05, 3.63) is 35.3 Å². The van der Waals surface area contributed by atoms with E-state index in [-0.39, 0.29) is 21.7 Å². The van der Waals surface area contributed by atoms with Crippen LogP contribution in [0.25, 0.3) is 15.7 Å². The van der Waals surface area contributed by atoms with E-state index < -0.39 is 9.05 Å². The number of nitrogens with zero attached hydrogens (tertiary/aromatic N) is 2. The highest BCUT2D eigenvalue weighted by molar-refractivity contribution is 8.14. The number of benzene rings is 2. The molecule has 2 aromatic carbocycles. The van der Waals surface area contributed by atoms with Crippen LogP contribution < -0.4 is 0 Å². The molecule has 0 aliphatic carbocycles. The Morgan fingerprint density at radius 3 is 2.47 bits per heavy atom. The minimum atomic E-state index is -3.90. The average Bonchev–Trinajstić information content (AvgIpc) is 2.26. The third-order valence-electron chi connectivity index (χ3n) is 2.33. The van der Waals surface area contributed by atoms with Gasteiger partial charge in [0.25, 0.3) is 9.05 Å². The summed E-state index contributed by atoms with van der Waals surface area (Å²) in [5.74, 6) is -0.246. The van der Waals surface area contributed by atoms with Gasteiger partial charge in [-0.3, -0.25) is 0 Å². The molecule has 17 heavy (non-hydrogen) atoms. The first-order valence-corrected chi connectivity index (χ1v) is 6.80. The van der Waals surface area contributed by atoms with Crippen LogP contribution in [0.1, 0.15) is 0 Å². The van der Waals surface area contributed by atoms with Gasteiger partial charge in [-0.05, 0) is 24.3 Å². The van der Waals surface area contributed by atoms with Crippen LogP contribution in [-0.2, 0) is 9.05 Å². The SMILES string of the molecule is N#[N+]c1c(O)ccc2c(S(=O)(=O)Cl)cccc12. The second-order valence-corrected chi connectivity index (χ2v) is 5.86. The van der Waals surface area contributed by atoms with Crippen LogP contribution in [0, 0.1) is 5.39 Å². The topological polar surface area (TPSA) is 82.5 Å². The smallest absolute Gasteiger partial charge is 0.433 e. The van der Waals surface area contributed by atoms with Crippen molar-refractivity contribution in [2.45, 2.75) is 4.90 Å². The van der Waals surface area contributed by atoms with Gasteiger partial charge in [-0.15, -0.1) is 0 Å². The van der Waals surface area contributed by atoms with Crippen LogP contribution in [0.3, 0.4) is 0 Å². The van der Waals surface area contributed by atoms with E-state index in [0.29, 0.717) is 5.39 Å². The molecule has 0 atom stereocenters. The lowest BCUT2D eigenvalue weighted by atomic mass is 10.1. The van der Waals surface area contributed by atoms with Crippen molar-refractivity contribution in [2.75, 3.05) is 0 Å². The highest BCUT2D eigenvalue weighted by atomic mass is 35.7. The average molecular weight is 270 g/mol. The molecule has 0 spiro atoms. The minimum Gasteiger partial charge on any atom is -0.501 e. The number of phenols is 1. The van der Waals surface area contributed by atoms with Crippen LogP contribution in [-0.4, -0.2) is 13.5 Å². The molecule has 0 aliphatic rings. The molecule has 0 unspecified atom stereocenters. The second-order valence-electron chi connectivity index (χ2n) is 3.32. The third-order valence-corrected chi connectivity index (χ3v) is 3.71. The molecule has 2 rings (SSSR count). The second kappa shape index (κ2) is 3.87. The lowest BCUT2D eigenvalue weighted by Gasteiger charge is -2.01. The summed E-state index contributed by atoms with van der Waals surface area (Å²) in [5, 5.41) is 18.8. The Balaban J connectivity index is 3.00.